The molecule has 9 aromatic heterocycles. The second-order valence-corrected chi connectivity index (χ2v) is 40.5. The maximum Gasteiger partial charge on any atom is 0.143 e. The van der Waals surface area contributed by atoms with Crippen LogP contribution in [0, 0.1) is 0 Å². The maximum atomic E-state index is 6.40. The molecule has 147 heavy (non-hydrogen) atoms. The molecule has 0 bridgehead atoms. The summed E-state index contributed by atoms with van der Waals surface area (Å²) in [5, 5.41) is 22.7. The van der Waals surface area contributed by atoms with Crippen molar-refractivity contribution < 1.29 is 4.42 Å². The van der Waals surface area contributed by atoms with E-state index in [1.54, 1.807) is 0 Å². The number of nitrogens with zero attached hydrogens (tertiary/aromatic N) is 6. The number of benzene rings is 23. The number of aromatic nitrogens is 6. The highest BCUT2D eigenvalue weighted by Crippen LogP contribution is 2.49. The Bertz CT molecular complexity index is 10500. The molecule has 0 aliphatic carbocycles. The summed E-state index contributed by atoms with van der Waals surface area (Å²) >= 11 is 3.77. The Morgan fingerprint density at radius 1 is 0.136 bits per heavy atom. The van der Waals surface area contributed by atoms with Crippen LogP contribution in [0.3, 0.4) is 0 Å². The summed E-state index contributed by atoms with van der Waals surface area (Å²) in [6.07, 6.45) is 0. The van der Waals surface area contributed by atoms with Gasteiger partial charge in [-0.2, -0.15) is 0 Å². The zero-order valence-corrected chi connectivity index (χ0v) is 81.2. The van der Waals surface area contributed by atoms with Crippen LogP contribution in [0.5, 0.6) is 0 Å². The largest absolute Gasteiger partial charge is 0.455 e. The monoisotopic (exact) mass is 1910 g/mol. The number of hydrogen-bond donors (Lipinski definition) is 0. The van der Waals surface area contributed by atoms with Gasteiger partial charge in [0.25, 0.3) is 0 Å². The average Bonchev–Trinajstić information content (AvgIpc) is 1.58. The van der Waals surface area contributed by atoms with E-state index in [2.05, 4.69) is 537 Å². The lowest BCUT2D eigenvalue weighted by Crippen LogP contribution is -1.96. The lowest BCUT2D eigenvalue weighted by Gasteiger charge is -2.12. The smallest absolute Gasteiger partial charge is 0.143 e. The Labute approximate surface area is 852 Å². The number of rotatable bonds is 11. The molecule has 0 spiro atoms. The van der Waals surface area contributed by atoms with Gasteiger partial charge in [0.1, 0.15) is 11.2 Å². The van der Waals surface area contributed by atoms with E-state index in [1.165, 1.54) is 227 Å². The van der Waals surface area contributed by atoms with Gasteiger partial charge in [-0.3, -0.25) is 0 Å². The normalized spacial score (nSPS) is 11.9. The number of para-hydroxylation sites is 11. The molecule has 9 heteroatoms. The van der Waals surface area contributed by atoms with Gasteiger partial charge in [0.05, 0.1) is 66.2 Å². The molecule has 0 atom stereocenters. The number of thiophene rings is 2. The quantitative estimate of drug-likeness (QED) is 0.127. The fraction of sp³-hybridized carbons (Fsp3) is 0. The van der Waals surface area contributed by atoms with Crippen molar-refractivity contribution >= 4 is 216 Å². The van der Waals surface area contributed by atoms with Gasteiger partial charge in [0.15, 0.2) is 0 Å². The summed E-state index contributed by atoms with van der Waals surface area (Å²) in [6, 6.07) is 190. The molecule has 23 aromatic carbocycles. The molecule has 686 valence electrons. The molecular weight excluding hydrogens is 1820 g/mol. The minimum atomic E-state index is 0.914. The van der Waals surface area contributed by atoms with Crippen LogP contribution >= 0.6 is 22.7 Å². The summed E-state index contributed by atoms with van der Waals surface area (Å²) in [5.74, 6) is 0. The minimum Gasteiger partial charge on any atom is -0.455 e. The van der Waals surface area contributed by atoms with Crippen molar-refractivity contribution in [3.05, 3.63) is 522 Å². The molecule has 32 rings (SSSR count). The summed E-state index contributed by atoms with van der Waals surface area (Å²) < 4.78 is 26.2. The molecule has 0 radical (unpaired) electrons. The van der Waals surface area contributed by atoms with Gasteiger partial charge < -0.3 is 31.8 Å². The van der Waals surface area contributed by atoms with E-state index >= 15 is 0 Å². The first-order valence-corrected chi connectivity index (χ1v) is 51.9. The predicted octanol–water partition coefficient (Wildman–Crippen LogP) is 38.6. The fourth-order valence-corrected chi connectivity index (χ4v) is 26.3. The van der Waals surface area contributed by atoms with E-state index in [-0.39, 0.29) is 0 Å². The SMILES string of the molecule is c1cc(-c2cccc(-n3c4ccccc4c4cc(-n5c6ccccc6c6ccccc65)ccc43)c2)cc(-c2cccc3c2oc2ccccc23)c1.c1cc(-c2cccc(-n3c4ccccc4c4cc(-n5c6ccccc6c6ccccc65)ccc43)c2)cc(-c2cccc3c2sc2ccccc23)c1.c1cc(-c2cccc3c2sc2ccccc23)cc(-n2c3ccccc3c3cc(-n4c5ccccc5c5ccccc54)ccc32)c1. The van der Waals surface area contributed by atoms with Gasteiger partial charge in [0.2, 0.25) is 0 Å². The first-order valence-electron chi connectivity index (χ1n) is 50.2. The van der Waals surface area contributed by atoms with Gasteiger partial charge in [0, 0.05) is 155 Å². The molecule has 0 amide bonds. The highest BCUT2D eigenvalue weighted by atomic mass is 32.1. The van der Waals surface area contributed by atoms with Crippen LogP contribution in [0.2, 0.25) is 0 Å². The number of furan rings is 1. The van der Waals surface area contributed by atoms with Crippen molar-refractivity contribution in [2.24, 2.45) is 0 Å². The summed E-state index contributed by atoms with van der Waals surface area (Å²) in [4.78, 5) is 0. The molecule has 0 saturated heterocycles. The zero-order chi connectivity index (χ0) is 96.4. The first kappa shape index (κ1) is 83.8. The van der Waals surface area contributed by atoms with Crippen molar-refractivity contribution in [3.63, 3.8) is 0 Å². The minimum absolute atomic E-state index is 0.914. The van der Waals surface area contributed by atoms with Gasteiger partial charge in [-0.05, 0) is 226 Å². The Balaban J connectivity index is 0.000000102. The van der Waals surface area contributed by atoms with Crippen LogP contribution in [0.15, 0.2) is 526 Å². The molecule has 32 aromatic rings. The zero-order valence-electron chi connectivity index (χ0n) is 79.6. The van der Waals surface area contributed by atoms with Crippen molar-refractivity contribution in [3.8, 4) is 89.8 Å². The molecular formula is C138H86N6OS2. The average molecular weight is 1910 g/mol. The van der Waals surface area contributed by atoms with E-state index in [9.17, 15) is 0 Å². The van der Waals surface area contributed by atoms with E-state index < -0.39 is 0 Å². The van der Waals surface area contributed by atoms with Crippen LogP contribution in [-0.2, 0) is 0 Å². The second-order valence-electron chi connectivity index (χ2n) is 38.4. The third-order valence-corrected chi connectivity index (χ3v) is 32.8. The van der Waals surface area contributed by atoms with Gasteiger partial charge >= 0.3 is 0 Å². The molecule has 0 aliphatic rings. The van der Waals surface area contributed by atoms with E-state index in [4.69, 9.17) is 4.42 Å². The van der Waals surface area contributed by atoms with E-state index in [0.717, 1.165) is 55.7 Å². The van der Waals surface area contributed by atoms with Gasteiger partial charge in [-0.1, -0.05) is 346 Å². The highest BCUT2D eigenvalue weighted by Gasteiger charge is 2.25. The molecule has 0 fully saturated rings. The molecule has 0 aliphatic heterocycles. The lowest BCUT2D eigenvalue weighted by molar-refractivity contribution is 0.670. The van der Waals surface area contributed by atoms with Crippen LogP contribution in [-0.4, -0.2) is 27.4 Å². The van der Waals surface area contributed by atoms with Crippen molar-refractivity contribution in [2.45, 2.75) is 0 Å². The van der Waals surface area contributed by atoms with Crippen molar-refractivity contribution in [1.82, 2.24) is 27.4 Å². The van der Waals surface area contributed by atoms with Gasteiger partial charge in [-0.25, -0.2) is 0 Å². The maximum absolute atomic E-state index is 6.40. The van der Waals surface area contributed by atoms with Crippen LogP contribution in [0.25, 0.3) is 283 Å². The Morgan fingerprint density at radius 2 is 0.361 bits per heavy atom. The summed E-state index contributed by atoms with van der Waals surface area (Å²) in [6.45, 7) is 0. The van der Waals surface area contributed by atoms with Gasteiger partial charge in [-0.15, -0.1) is 22.7 Å². The Kier molecular flexibility index (Phi) is 19.3. The molecule has 9 heterocycles. The van der Waals surface area contributed by atoms with Crippen molar-refractivity contribution in [2.75, 3.05) is 0 Å². The summed E-state index contributed by atoms with van der Waals surface area (Å²) in [5.41, 5.74) is 35.3. The molecule has 0 unspecified atom stereocenters. The van der Waals surface area contributed by atoms with E-state index in [0.29, 0.717) is 0 Å². The predicted molar refractivity (Wildman–Crippen MR) is 626 cm³/mol. The third kappa shape index (κ3) is 13.5. The van der Waals surface area contributed by atoms with Crippen molar-refractivity contribution in [1.29, 1.82) is 0 Å². The Morgan fingerprint density at radius 3 is 0.707 bits per heavy atom. The Hall–Kier alpha value is -18.9. The van der Waals surface area contributed by atoms with E-state index in [1.807, 2.05) is 34.8 Å². The number of fused-ring (bicyclic) bond motifs is 27. The van der Waals surface area contributed by atoms with Crippen LogP contribution < -0.4 is 0 Å². The lowest BCUT2D eigenvalue weighted by atomic mass is 9.97. The van der Waals surface area contributed by atoms with Crippen LogP contribution in [0.4, 0.5) is 0 Å². The highest BCUT2D eigenvalue weighted by molar-refractivity contribution is 7.26. The fourth-order valence-electron chi connectivity index (χ4n) is 23.9. The standard InChI is InChI=1S/C48H30N2O.C48H30N2S.C42H26N2S/c2*1-5-22-43-37(16-1)38-17-2-6-23-44(38)50(43)35-26-27-46-42(30-35)39-18-3-7-24-45(39)49(46)34-15-10-13-32(29-34)31-12-9-14-33(28-31)36-20-11-21-41-40-19-4-8-25-47(40)51-48(36)41;1-5-19-37-31(13-1)32-14-2-6-20-38(32)44(37)29-23-24-40-36(26-29)33-15-3-7-21-39(33)43(40)28-12-9-11-27(25-28)30-17-10-18-35-34-16-4-8-22-41(34)45-42(30)35/h2*1-30H;1-26H. The summed E-state index contributed by atoms with van der Waals surface area (Å²) in [7, 11) is 0. The number of hydrogen-bond acceptors (Lipinski definition) is 3. The molecule has 7 nitrogen and oxygen atoms in total. The van der Waals surface area contributed by atoms with Crippen LogP contribution in [0.1, 0.15) is 0 Å². The topological polar surface area (TPSA) is 42.7 Å². The first-order chi connectivity index (χ1) is 72.9. The molecule has 0 N–H and O–H groups in total. The molecule has 0 saturated carbocycles. The third-order valence-electron chi connectivity index (χ3n) is 30.3. The second kappa shape index (κ2) is 33.9.